The molecule has 0 aromatic heterocycles. The van der Waals surface area contributed by atoms with Crippen LogP contribution in [0.1, 0.15) is 12.0 Å². The van der Waals surface area contributed by atoms with Gasteiger partial charge in [0.1, 0.15) is 0 Å². The number of rotatable bonds is 5. The van der Waals surface area contributed by atoms with E-state index in [0.29, 0.717) is 6.04 Å². The minimum atomic E-state index is 0.300. The first-order valence-corrected chi connectivity index (χ1v) is 7.82. The van der Waals surface area contributed by atoms with Crippen LogP contribution in [0.25, 0.3) is 0 Å². The second-order valence-corrected chi connectivity index (χ2v) is 5.72. The van der Waals surface area contributed by atoms with Gasteiger partial charge in [-0.1, -0.05) is 36.9 Å². The maximum atomic E-state index is 5.39. The van der Waals surface area contributed by atoms with E-state index in [1.807, 2.05) is 17.8 Å². The molecule has 1 aliphatic heterocycles. The average Bonchev–Trinajstić information content (AvgIpc) is 2.65. The smallest absolute Gasteiger partial charge is 0.174 e. The van der Waals surface area contributed by atoms with Crippen LogP contribution in [0.5, 0.6) is 0 Å². The fourth-order valence-electron chi connectivity index (χ4n) is 2.04. The van der Waals surface area contributed by atoms with Crippen molar-refractivity contribution in [3.05, 3.63) is 48.2 Å². The van der Waals surface area contributed by atoms with Crippen LogP contribution in [0.2, 0.25) is 0 Å². The highest BCUT2D eigenvalue weighted by Crippen LogP contribution is 2.22. The van der Waals surface area contributed by atoms with Crippen molar-refractivity contribution in [1.29, 1.82) is 0 Å². The minimum absolute atomic E-state index is 0.300. The Morgan fingerprint density at radius 3 is 2.78 bits per heavy atom. The Morgan fingerprint density at radius 2 is 2.11 bits per heavy atom. The summed E-state index contributed by atoms with van der Waals surface area (Å²) in [6.07, 6.45) is 3.20. The van der Waals surface area contributed by atoms with Gasteiger partial charge >= 0.3 is 0 Å². The zero-order valence-corrected chi connectivity index (χ0v) is 12.2. The second-order valence-electron chi connectivity index (χ2n) is 4.35. The fourth-order valence-corrected chi connectivity index (χ4v) is 2.84. The van der Waals surface area contributed by atoms with E-state index in [1.54, 1.807) is 0 Å². The summed E-state index contributed by atoms with van der Waals surface area (Å²) in [7, 11) is 0. The van der Waals surface area contributed by atoms with Gasteiger partial charge in [-0.25, -0.2) is 0 Å². The van der Waals surface area contributed by atoms with Gasteiger partial charge in [-0.3, -0.25) is 0 Å². The van der Waals surface area contributed by atoms with Crippen LogP contribution in [0, 0.1) is 0 Å². The highest BCUT2D eigenvalue weighted by Gasteiger charge is 2.29. The monoisotopic (exact) mass is 278 g/mol. The summed E-state index contributed by atoms with van der Waals surface area (Å²) in [5.74, 6) is 1.12. The zero-order valence-electron chi connectivity index (χ0n) is 10.6. The molecule has 1 heterocycles. The molecule has 1 aliphatic rings. The van der Waals surface area contributed by atoms with E-state index in [4.69, 9.17) is 12.2 Å². The van der Waals surface area contributed by atoms with Gasteiger partial charge in [-0.2, -0.15) is 11.8 Å². The van der Waals surface area contributed by atoms with Crippen molar-refractivity contribution in [2.24, 2.45) is 0 Å². The summed E-state index contributed by atoms with van der Waals surface area (Å²) in [5, 5.41) is 4.15. The van der Waals surface area contributed by atoms with Crippen molar-refractivity contribution >= 4 is 29.1 Å². The van der Waals surface area contributed by atoms with Gasteiger partial charge < -0.3 is 10.2 Å². The Hall–Kier alpha value is -1.00. The van der Waals surface area contributed by atoms with E-state index in [0.717, 1.165) is 29.5 Å². The lowest BCUT2D eigenvalue weighted by atomic mass is 10.1. The molecule has 0 aliphatic carbocycles. The topological polar surface area (TPSA) is 15.3 Å². The molecule has 18 heavy (non-hydrogen) atoms. The molecule has 0 saturated carbocycles. The Morgan fingerprint density at radius 1 is 1.39 bits per heavy atom. The van der Waals surface area contributed by atoms with Crippen molar-refractivity contribution in [2.45, 2.75) is 19.0 Å². The van der Waals surface area contributed by atoms with E-state index in [1.165, 1.54) is 5.56 Å². The third-order valence-corrected chi connectivity index (χ3v) is 4.07. The predicted molar refractivity (Wildman–Crippen MR) is 83.6 cm³/mol. The Labute approximate surface area is 118 Å². The van der Waals surface area contributed by atoms with Crippen LogP contribution in [0.3, 0.4) is 0 Å². The summed E-state index contributed by atoms with van der Waals surface area (Å²) in [5.41, 5.74) is 2.35. The molecule has 1 saturated heterocycles. The van der Waals surface area contributed by atoms with Crippen molar-refractivity contribution in [3.8, 4) is 0 Å². The fraction of sp³-hybridized carbons (Fsp3) is 0.357. The van der Waals surface area contributed by atoms with Crippen LogP contribution in [-0.4, -0.2) is 28.1 Å². The van der Waals surface area contributed by atoms with E-state index >= 15 is 0 Å². The van der Waals surface area contributed by atoms with E-state index in [2.05, 4.69) is 47.3 Å². The SMILES string of the molecule is C=C1C(CCSC)NC(=S)N1Cc1ccccc1. The molecular weight excluding hydrogens is 260 g/mol. The number of nitrogens with one attached hydrogen (secondary N) is 1. The largest absolute Gasteiger partial charge is 0.354 e. The number of thioether (sulfide) groups is 1. The number of nitrogens with zero attached hydrogens (tertiary/aromatic N) is 1. The number of hydrogen-bond donors (Lipinski definition) is 1. The highest BCUT2D eigenvalue weighted by atomic mass is 32.2. The molecule has 1 unspecified atom stereocenters. The maximum absolute atomic E-state index is 5.39. The number of benzene rings is 1. The first-order chi connectivity index (χ1) is 8.72. The molecule has 0 amide bonds. The van der Waals surface area contributed by atoms with E-state index < -0.39 is 0 Å². The summed E-state index contributed by atoms with van der Waals surface area (Å²) in [4.78, 5) is 2.11. The van der Waals surface area contributed by atoms with Gasteiger partial charge in [-0.15, -0.1) is 0 Å². The third-order valence-electron chi connectivity index (χ3n) is 3.09. The van der Waals surface area contributed by atoms with E-state index in [9.17, 15) is 0 Å². The molecule has 96 valence electrons. The summed E-state index contributed by atoms with van der Waals surface area (Å²) in [6, 6.07) is 10.7. The molecule has 2 nitrogen and oxygen atoms in total. The molecule has 0 bridgehead atoms. The Balaban J connectivity index is 2.01. The Bertz CT molecular complexity index is 431. The molecular formula is C14H18N2S2. The summed E-state index contributed by atoms with van der Waals surface area (Å²) < 4.78 is 0. The molecule has 1 atom stereocenters. The first-order valence-electron chi connectivity index (χ1n) is 6.02. The van der Waals surface area contributed by atoms with Gasteiger partial charge in [0.25, 0.3) is 0 Å². The molecule has 4 heteroatoms. The zero-order chi connectivity index (χ0) is 13.0. The standard InChI is InChI=1S/C14H18N2S2/c1-11-13(8-9-18-2)15-14(17)16(11)10-12-6-4-3-5-7-12/h3-7,13H,1,8-10H2,2H3,(H,15,17). The number of hydrogen-bond acceptors (Lipinski definition) is 2. The molecule has 1 aromatic carbocycles. The van der Waals surface area contributed by atoms with Crippen LogP contribution < -0.4 is 5.32 Å². The third kappa shape index (κ3) is 3.06. The first kappa shape index (κ1) is 13.4. The van der Waals surface area contributed by atoms with Gasteiger partial charge in [-0.05, 0) is 36.2 Å². The van der Waals surface area contributed by atoms with Gasteiger partial charge in [0.15, 0.2) is 5.11 Å². The van der Waals surface area contributed by atoms with Crippen LogP contribution in [0.15, 0.2) is 42.6 Å². The van der Waals surface area contributed by atoms with E-state index in [-0.39, 0.29) is 0 Å². The molecule has 2 rings (SSSR count). The van der Waals surface area contributed by atoms with Crippen molar-refractivity contribution in [1.82, 2.24) is 10.2 Å². The van der Waals surface area contributed by atoms with Gasteiger partial charge in [0.05, 0.1) is 12.6 Å². The molecule has 1 aromatic rings. The molecule has 1 N–H and O–H groups in total. The van der Waals surface area contributed by atoms with Crippen molar-refractivity contribution in [2.75, 3.05) is 12.0 Å². The lowest BCUT2D eigenvalue weighted by Gasteiger charge is -2.19. The lowest BCUT2D eigenvalue weighted by molar-refractivity contribution is 0.514. The van der Waals surface area contributed by atoms with Crippen LogP contribution in [0.4, 0.5) is 0 Å². The predicted octanol–water partition coefficient (Wildman–Crippen LogP) is 3.01. The summed E-state index contributed by atoms with van der Waals surface area (Å²) in [6.45, 7) is 4.99. The minimum Gasteiger partial charge on any atom is -0.354 e. The van der Waals surface area contributed by atoms with Crippen LogP contribution in [-0.2, 0) is 6.54 Å². The normalized spacial score (nSPS) is 19.2. The molecule has 0 spiro atoms. The number of thiocarbonyl (C=S) groups is 1. The summed E-state index contributed by atoms with van der Waals surface area (Å²) >= 11 is 7.25. The van der Waals surface area contributed by atoms with Gasteiger partial charge in [0.2, 0.25) is 0 Å². The Kier molecular flexibility index (Phi) is 4.66. The quantitative estimate of drug-likeness (QED) is 0.832. The maximum Gasteiger partial charge on any atom is 0.174 e. The average molecular weight is 278 g/mol. The van der Waals surface area contributed by atoms with Crippen molar-refractivity contribution in [3.63, 3.8) is 0 Å². The van der Waals surface area contributed by atoms with Crippen molar-refractivity contribution < 1.29 is 0 Å². The lowest BCUT2D eigenvalue weighted by Crippen LogP contribution is -2.28. The molecule has 1 fully saturated rings. The van der Waals surface area contributed by atoms with Gasteiger partial charge in [0, 0.05) is 5.70 Å². The molecule has 0 radical (unpaired) electrons. The highest BCUT2D eigenvalue weighted by molar-refractivity contribution is 7.98. The second kappa shape index (κ2) is 6.25. The van der Waals surface area contributed by atoms with Crippen LogP contribution >= 0.6 is 24.0 Å².